The van der Waals surface area contributed by atoms with E-state index in [-0.39, 0.29) is 31.4 Å². The summed E-state index contributed by atoms with van der Waals surface area (Å²) >= 11 is 0. The van der Waals surface area contributed by atoms with E-state index in [0.717, 1.165) is 0 Å². The number of rotatable bonds is 8. The quantitative estimate of drug-likeness (QED) is 0.558. The Hall–Kier alpha value is -1.83. The van der Waals surface area contributed by atoms with Crippen LogP contribution in [0.25, 0.3) is 0 Å². The number of methoxy groups -OCH3 is 1. The SMILES string of the molecule is CNC(=O)C(C)CN(C)C(=O)NC(CCOC)C(=O)O. The van der Waals surface area contributed by atoms with E-state index in [9.17, 15) is 14.4 Å². The Labute approximate surface area is 118 Å². The van der Waals surface area contributed by atoms with Gasteiger partial charge in [0.25, 0.3) is 0 Å². The van der Waals surface area contributed by atoms with E-state index in [1.807, 2.05) is 0 Å². The molecule has 2 unspecified atom stereocenters. The fraction of sp³-hybridized carbons (Fsp3) is 0.750. The number of amides is 3. The van der Waals surface area contributed by atoms with E-state index in [0.29, 0.717) is 0 Å². The zero-order valence-electron chi connectivity index (χ0n) is 12.3. The largest absolute Gasteiger partial charge is 0.480 e. The maximum atomic E-state index is 11.8. The topological polar surface area (TPSA) is 108 Å². The van der Waals surface area contributed by atoms with Crippen LogP contribution in [0.2, 0.25) is 0 Å². The number of carboxylic acids is 1. The van der Waals surface area contributed by atoms with Gasteiger partial charge in [0, 0.05) is 40.8 Å². The Balaban J connectivity index is 4.41. The number of urea groups is 1. The predicted molar refractivity (Wildman–Crippen MR) is 72.3 cm³/mol. The van der Waals surface area contributed by atoms with Gasteiger partial charge in [-0.25, -0.2) is 9.59 Å². The normalized spacial score (nSPS) is 13.2. The second kappa shape index (κ2) is 9.13. The molecule has 0 saturated carbocycles. The van der Waals surface area contributed by atoms with Crippen molar-refractivity contribution in [3.8, 4) is 0 Å². The molecule has 8 nitrogen and oxygen atoms in total. The molecule has 8 heteroatoms. The van der Waals surface area contributed by atoms with Crippen molar-refractivity contribution in [3.63, 3.8) is 0 Å². The molecular weight excluding hydrogens is 266 g/mol. The number of hydrogen-bond donors (Lipinski definition) is 3. The third-order valence-electron chi connectivity index (χ3n) is 2.79. The average molecular weight is 289 g/mol. The average Bonchev–Trinajstić information content (AvgIpc) is 2.41. The van der Waals surface area contributed by atoms with Crippen LogP contribution >= 0.6 is 0 Å². The number of nitrogens with one attached hydrogen (secondary N) is 2. The van der Waals surface area contributed by atoms with Gasteiger partial charge < -0.3 is 25.4 Å². The number of carbonyl (C=O) groups excluding carboxylic acids is 2. The summed E-state index contributed by atoms with van der Waals surface area (Å²) in [6.07, 6.45) is 0.177. The van der Waals surface area contributed by atoms with Crippen LogP contribution in [0.15, 0.2) is 0 Å². The first-order valence-electron chi connectivity index (χ1n) is 6.28. The predicted octanol–water partition coefficient (Wildman–Crippen LogP) is -0.500. The van der Waals surface area contributed by atoms with Gasteiger partial charge in [-0.15, -0.1) is 0 Å². The number of carbonyl (C=O) groups is 3. The lowest BCUT2D eigenvalue weighted by molar-refractivity contribution is -0.139. The summed E-state index contributed by atoms with van der Waals surface area (Å²) in [6, 6.07) is -1.55. The molecule has 3 amide bonds. The minimum absolute atomic E-state index is 0.177. The van der Waals surface area contributed by atoms with Gasteiger partial charge in [0.2, 0.25) is 5.91 Å². The van der Waals surface area contributed by atoms with Gasteiger partial charge in [-0.2, -0.15) is 0 Å². The van der Waals surface area contributed by atoms with Gasteiger partial charge >= 0.3 is 12.0 Å². The third-order valence-corrected chi connectivity index (χ3v) is 2.79. The van der Waals surface area contributed by atoms with Crippen molar-refractivity contribution >= 4 is 17.9 Å². The summed E-state index contributed by atoms with van der Waals surface area (Å²) in [5.74, 6) is -1.68. The molecule has 0 aromatic carbocycles. The van der Waals surface area contributed by atoms with E-state index in [2.05, 4.69) is 10.6 Å². The molecule has 0 saturated heterocycles. The summed E-state index contributed by atoms with van der Waals surface area (Å²) in [6.45, 7) is 2.11. The van der Waals surface area contributed by atoms with E-state index in [1.165, 1.54) is 26.1 Å². The maximum Gasteiger partial charge on any atom is 0.326 e. The Kier molecular flexibility index (Phi) is 8.30. The van der Waals surface area contributed by atoms with Crippen molar-refractivity contribution in [2.24, 2.45) is 5.92 Å². The Bertz CT molecular complexity index is 348. The number of aliphatic carboxylic acids is 1. The van der Waals surface area contributed by atoms with Crippen LogP contribution in [0.5, 0.6) is 0 Å². The molecule has 0 bridgehead atoms. The van der Waals surface area contributed by atoms with Crippen molar-refractivity contribution in [3.05, 3.63) is 0 Å². The molecule has 0 aliphatic heterocycles. The minimum atomic E-state index is -1.12. The number of nitrogens with zero attached hydrogens (tertiary/aromatic N) is 1. The van der Waals surface area contributed by atoms with Crippen molar-refractivity contribution in [2.75, 3.05) is 34.4 Å². The van der Waals surface area contributed by atoms with Gasteiger partial charge in [-0.05, 0) is 0 Å². The smallest absolute Gasteiger partial charge is 0.326 e. The number of ether oxygens (including phenoxy) is 1. The molecule has 20 heavy (non-hydrogen) atoms. The molecule has 116 valence electrons. The highest BCUT2D eigenvalue weighted by molar-refractivity contribution is 5.83. The van der Waals surface area contributed by atoms with Crippen LogP contribution in [0.1, 0.15) is 13.3 Å². The molecule has 0 aromatic heterocycles. The Morgan fingerprint density at radius 1 is 1.35 bits per heavy atom. The summed E-state index contributed by atoms with van der Waals surface area (Å²) in [5.41, 5.74) is 0. The molecule has 0 radical (unpaired) electrons. The van der Waals surface area contributed by atoms with Crippen LogP contribution in [0.3, 0.4) is 0 Å². The highest BCUT2D eigenvalue weighted by Crippen LogP contribution is 2.00. The molecule has 0 fully saturated rings. The van der Waals surface area contributed by atoms with Gasteiger partial charge in [0.15, 0.2) is 0 Å². The lowest BCUT2D eigenvalue weighted by Crippen LogP contribution is -2.49. The van der Waals surface area contributed by atoms with Crippen LogP contribution < -0.4 is 10.6 Å². The van der Waals surface area contributed by atoms with Crippen LogP contribution in [0, 0.1) is 5.92 Å². The van der Waals surface area contributed by atoms with Gasteiger partial charge in [0.1, 0.15) is 6.04 Å². The third kappa shape index (κ3) is 6.37. The van der Waals surface area contributed by atoms with Gasteiger partial charge in [-0.3, -0.25) is 4.79 Å². The zero-order valence-corrected chi connectivity index (χ0v) is 12.3. The molecule has 2 atom stereocenters. The Morgan fingerprint density at radius 3 is 2.40 bits per heavy atom. The van der Waals surface area contributed by atoms with Gasteiger partial charge in [-0.1, -0.05) is 6.92 Å². The molecule has 0 spiro atoms. The maximum absolute atomic E-state index is 11.8. The van der Waals surface area contributed by atoms with Gasteiger partial charge in [0.05, 0.1) is 5.92 Å². The van der Waals surface area contributed by atoms with E-state index in [1.54, 1.807) is 6.92 Å². The first kappa shape index (κ1) is 18.2. The molecule has 0 aliphatic rings. The molecule has 0 aromatic rings. The fourth-order valence-corrected chi connectivity index (χ4v) is 1.58. The summed E-state index contributed by atoms with van der Waals surface area (Å²) < 4.78 is 4.79. The Morgan fingerprint density at radius 2 is 1.95 bits per heavy atom. The summed E-state index contributed by atoms with van der Waals surface area (Å²) in [5, 5.41) is 13.9. The molecular formula is C12H23N3O5. The van der Waals surface area contributed by atoms with E-state index >= 15 is 0 Å². The first-order chi connectivity index (χ1) is 9.33. The summed E-state index contributed by atoms with van der Waals surface area (Å²) in [7, 11) is 4.48. The van der Waals surface area contributed by atoms with Crippen molar-refractivity contribution in [1.82, 2.24) is 15.5 Å². The van der Waals surface area contributed by atoms with Crippen LogP contribution in [0.4, 0.5) is 4.79 Å². The monoisotopic (exact) mass is 289 g/mol. The highest BCUT2D eigenvalue weighted by Gasteiger charge is 2.23. The highest BCUT2D eigenvalue weighted by atomic mass is 16.5. The number of carboxylic acid groups (broad SMARTS) is 1. The lowest BCUT2D eigenvalue weighted by atomic mass is 10.1. The first-order valence-corrected chi connectivity index (χ1v) is 6.28. The molecule has 3 N–H and O–H groups in total. The second-order valence-electron chi connectivity index (χ2n) is 4.52. The minimum Gasteiger partial charge on any atom is -0.480 e. The lowest BCUT2D eigenvalue weighted by Gasteiger charge is -2.23. The zero-order chi connectivity index (χ0) is 15.7. The van der Waals surface area contributed by atoms with Crippen LogP contribution in [-0.4, -0.2) is 68.3 Å². The van der Waals surface area contributed by atoms with Crippen LogP contribution in [-0.2, 0) is 14.3 Å². The standard InChI is InChI=1S/C12H23N3O5/c1-8(10(16)13-2)7-15(3)12(19)14-9(11(17)18)5-6-20-4/h8-9H,5-7H2,1-4H3,(H,13,16)(H,14,19)(H,17,18). The van der Waals surface area contributed by atoms with E-state index in [4.69, 9.17) is 9.84 Å². The van der Waals surface area contributed by atoms with Crippen molar-refractivity contribution < 1.29 is 24.2 Å². The molecule has 0 heterocycles. The van der Waals surface area contributed by atoms with E-state index < -0.39 is 18.0 Å². The fourth-order valence-electron chi connectivity index (χ4n) is 1.58. The van der Waals surface area contributed by atoms with Crippen molar-refractivity contribution in [2.45, 2.75) is 19.4 Å². The second-order valence-corrected chi connectivity index (χ2v) is 4.52. The summed E-state index contributed by atoms with van der Waals surface area (Å²) in [4.78, 5) is 35.5. The molecule has 0 aliphatic carbocycles. The molecule has 0 rings (SSSR count). The van der Waals surface area contributed by atoms with Crippen molar-refractivity contribution in [1.29, 1.82) is 0 Å². The number of hydrogen-bond acceptors (Lipinski definition) is 4.